The number of nitriles is 1. The van der Waals surface area contributed by atoms with Gasteiger partial charge in [0.05, 0.1) is 10.5 Å². The van der Waals surface area contributed by atoms with Crippen LogP contribution in [0.4, 0.5) is 4.39 Å². The summed E-state index contributed by atoms with van der Waals surface area (Å²) < 4.78 is 39.2. The summed E-state index contributed by atoms with van der Waals surface area (Å²) in [5.74, 6) is -0.716. The Labute approximate surface area is 123 Å². The number of rotatable bonds is 3. The molecular weight excluding hydrogens is 305 g/mol. The zero-order valence-electron chi connectivity index (χ0n) is 10.8. The van der Waals surface area contributed by atoms with Gasteiger partial charge in [-0.2, -0.15) is 9.57 Å². The van der Waals surface area contributed by atoms with Crippen molar-refractivity contribution < 1.29 is 12.8 Å². The summed E-state index contributed by atoms with van der Waals surface area (Å²) in [7, 11) is -2.19. The lowest BCUT2D eigenvalue weighted by Gasteiger charge is -2.23. The second-order valence-electron chi connectivity index (χ2n) is 4.42. The Bertz CT molecular complexity index is 624. The second-order valence-corrected chi connectivity index (χ2v) is 6.42. The first kappa shape index (κ1) is 16.9. The minimum Gasteiger partial charge on any atom is -0.315 e. The number of hydrogen-bond donors (Lipinski definition) is 1. The van der Waals surface area contributed by atoms with Crippen LogP contribution in [-0.4, -0.2) is 38.9 Å². The summed E-state index contributed by atoms with van der Waals surface area (Å²) in [5, 5.41) is 11.8. The van der Waals surface area contributed by atoms with E-state index in [0.29, 0.717) is 6.54 Å². The molecule has 0 radical (unpaired) electrons. The average molecular weight is 320 g/mol. The van der Waals surface area contributed by atoms with E-state index >= 15 is 0 Å². The number of halogens is 2. The van der Waals surface area contributed by atoms with Crippen LogP contribution < -0.4 is 5.32 Å². The van der Waals surface area contributed by atoms with Crippen LogP contribution in [0.2, 0.25) is 0 Å². The molecule has 1 aromatic carbocycles. The van der Waals surface area contributed by atoms with Crippen molar-refractivity contribution in [2.45, 2.75) is 17.4 Å². The number of nitrogens with one attached hydrogen (secondary N) is 1. The molecule has 1 heterocycles. The smallest absolute Gasteiger partial charge is 0.243 e. The summed E-state index contributed by atoms with van der Waals surface area (Å²) in [6, 6.07) is 4.80. The maximum absolute atomic E-state index is 13.2. The monoisotopic (exact) mass is 319 g/mol. The largest absolute Gasteiger partial charge is 0.315 e. The van der Waals surface area contributed by atoms with Gasteiger partial charge in [0.1, 0.15) is 11.9 Å². The third-order valence-corrected chi connectivity index (χ3v) is 5.19. The molecule has 2 rings (SSSR count). The Hall–Kier alpha value is -1.20. The zero-order chi connectivity index (χ0) is 14.0. The maximum atomic E-state index is 13.2. The van der Waals surface area contributed by atoms with Crippen molar-refractivity contribution in [2.75, 3.05) is 20.1 Å². The fraction of sp³-hybridized carbons (Fsp3) is 0.417. The van der Waals surface area contributed by atoms with E-state index in [1.807, 2.05) is 0 Å². The van der Waals surface area contributed by atoms with Gasteiger partial charge in [-0.25, -0.2) is 12.8 Å². The van der Waals surface area contributed by atoms with Crippen molar-refractivity contribution >= 4 is 22.4 Å². The molecule has 0 amide bonds. The van der Waals surface area contributed by atoms with Crippen molar-refractivity contribution in [1.29, 1.82) is 5.26 Å². The lowest BCUT2D eigenvalue weighted by atomic mass is 10.2. The van der Waals surface area contributed by atoms with E-state index in [9.17, 15) is 12.8 Å². The Morgan fingerprint density at radius 2 is 2.20 bits per heavy atom. The molecule has 1 N–H and O–H groups in total. The standard InChI is InChI=1S/C12H14FN3O2S.ClH/c1-16(10-4-5-15-8-10)19(17,18)11-2-3-12(13)9(6-11)7-14;/h2-3,6,10,15H,4-5,8H2,1H3;1H. The quantitative estimate of drug-likeness (QED) is 0.905. The molecule has 5 nitrogen and oxygen atoms in total. The summed E-state index contributed by atoms with van der Waals surface area (Å²) in [4.78, 5) is -0.0557. The summed E-state index contributed by atoms with van der Waals surface area (Å²) >= 11 is 0. The zero-order valence-corrected chi connectivity index (χ0v) is 12.5. The Morgan fingerprint density at radius 3 is 2.75 bits per heavy atom. The van der Waals surface area contributed by atoms with Crippen molar-refractivity contribution in [2.24, 2.45) is 0 Å². The van der Waals surface area contributed by atoms with Gasteiger partial charge in [-0.05, 0) is 31.2 Å². The summed E-state index contributed by atoms with van der Waals surface area (Å²) in [6.07, 6.45) is 0.738. The highest BCUT2D eigenvalue weighted by Gasteiger charge is 2.30. The van der Waals surface area contributed by atoms with Crippen molar-refractivity contribution in [3.63, 3.8) is 0 Å². The maximum Gasteiger partial charge on any atom is 0.243 e. The molecule has 0 aliphatic carbocycles. The fourth-order valence-electron chi connectivity index (χ4n) is 2.06. The van der Waals surface area contributed by atoms with Crippen LogP contribution in [0.25, 0.3) is 0 Å². The van der Waals surface area contributed by atoms with Gasteiger partial charge in [-0.15, -0.1) is 12.4 Å². The predicted octanol–water partition coefficient (Wildman–Crippen LogP) is 1.10. The van der Waals surface area contributed by atoms with Crippen LogP contribution in [0, 0.1) is 17.1 Å². The third kappa shape index (κ3) is 3.10. The molecule has 1 atom stereocenters. The molecule has 1 fully saturated rings. The predicted molar refractivity (Wildman–Crippen MR) is 74.6 cm³/mol. The van der Waals surface area contributed by atoms with Gasteiger partial charge in [0.15, 0.2) is 0 Å². The van der Waals surface area contributed by atoms with Crippen LogP contribution in [0.5, 0.6) is 0 Å². The van der Waals surface area contributed by atoms with E-state index in [1.54, 1.807) is 6.07 Å². The third-order valence-electron chi connectivity index (χ3n) is 3.28. The molecule has 1 unspecified atom stereocenters. The van der Waals surface area contributed by atoms with Crippen molar-refractivity contribution in [3.8, 4) is 6.07 Å². The molecule has 0 bridgehead atoms. The first-order valence-corrected chi connectivity index (χ1v) is 7.29. The summed E-state index contributed by atoms with van der Waals surface area (Å²) in [5.41, 5.74) is -0.265. The molecule has 1 aromatic rings. The van der Waals surface area contributed by atoms with E-state index in [4.69, 9.17) is 5.26 Å². The van der Waals surface area contributed by atoms with Crippen LogP contribution in [-0.2, 0) is 10.0 Å². The van der Waals surface area contributed by atoms with Crippen molar-refractivity contribution in [3.05, 3.63) is 29.6 Å². The lowest BCUT2D eigenvalue weighted by molar-refractivity contribution is 0.387. The molecule has 1 aliphatic heterocycles. The van der Waals surface area contributed by atoms with Gasteiger partial charge in [0.2, 0.25) is 10.0 Å². The van der Waals surface area contributed by atoms with Gasteiger partial charge in [-0.1, -0.05) is 0 Å². The number of benzene rings is 1. The highest BCUT2D eigenvalue weighted by atomic mass is 35.5. The first-order chi connectivity index (χ1) is 8.96. The molecule has 0 saturated carbocycles. The Kier molecular flexibility index (Phi) is 5.48. The van der Waals surface area contributed by atoms with Gasteiger partial charge in [-0.3, -0.25) is 0 Å². The lowest BCUT2D eigenvalue weighted by Crippen LogP contribution is -2.38. The van der Waals surface area contributed by atoms with E-state index in [-0.39, 0.29) is 28.9 Å². The van der Waals surface area contributed by atoms with Crippen LogP contribution in [0.1, 0.15) is 12.0 Å². The fourth-order valence-corrected chi connectivity index (χ4v) is 3.47. The molecule has 1 aliphatic rings. The first-order valence-electron chi connectivity index (χ1n) is 5.85. The van der Waals surface area contributed by atoms with Gasteiger partial charge < -0.3 is 5.32 Å². The molecular formula is C12H15ClFN3O2S. The van der Waals surface area contributed by atoms with Gasteiger partial charge in [0, 0.05) is 19.6 Å². The molecule has 0 spiro atoms. The number of likely N-dealkylation sites (N-methyl/N-ethyl adjacent to an activating group) is 1. The number of sulfonamides is 1. The van der Waals surface area contributed by atoms with E-state index in [0.717, 1.165) is 25.1 Å². The summed E-state index contributed by atoms with van der Waals surface area (Å²) in [6.45, 7) is 1.37. The van der Waals surface area contributed by atoms with E-state index in [1.165, 1.54) is 17.4 Å². The molecule has 110 valence electrons. The minimum atomic E-state index is -3.70. The normalized spacial score (nSPS) is 18.6. The van der Waals surface area contributed by atoms with Gasteiger partial charge in [0.25, 0.3) is 0 Å². The average Bonchev–Trinajstić information content (AvgIpc) is 2.91. The Morgan fingerprint density at radius 1 is 1.50 bits per heavy atom. The highest BCUT2D eigenvalue weighted by Crippen LogP contribution is 2.21. The van der Waals surface area contributed by atoms with Crippen LogP contribution in [0.15, 0.2) is 23.1 Å². The molecule has 1 saturated heterocycles. The van der Waals surface area contributed by atoms with E-state index < -0.39 is 15.8 Å². The molecule has 20 heavy (non-hydrogen) atoms. The SMILES string of the molecule is CN(C1CCNC1)S(=O)(=O)c1ccc(F)c(C#N)c1.Cl. The van der Waals surface area contributed by atoms with Crippen LogP contribution >= 0.6 is 12.4 Å². The highest BCUT2D eigenvalue weighted by molar-refractivity contribution is 7.89. The number of nitrogens with zero attached hydrogens (tertiary/aromatic N) is 2. The van der Waals surface area contributed by atoms with Crippen molar-refractivity contribution in [1.82, 2.24) is 9.62 Å². The molecule has 8 heteroatoms. The van der Waals surface area contributed by atoms with Gasteiger partial charge >= 0.3 is 0 Å². The topological polar surface area (TPSA) is 73.2 Å². The van der Waals surface area contributed by atoms with Crippen LogP contribution in [0.3, 0.4) is 0 Å². The molecule has 0 aromatic heterocycles. The second kappa shape index (κ2) is 6.50. The number of hydrogen-bond acceptors (Lipinski definition) is 4. The van der Waals surface area contributed by atoms with E-state index in [2.05, 4.69) is 5.32 Å². The Balaban J connectivity index is 0.00000200. The minimum absolute atomic E-state index is 0.